The minimum atomic E-state index is -0.549. The Morgan fingerprint density at radius 2 is 2.38 bits per heavy atom. The van der Waals surface area contributed by atoms with Crippen LogP contribution in [0.3, 0.4) is 0 Å². The number of rotatable bonds is 0. The zero-order valence-electron chi connectivity index (χ0n) is 4.46. The predicted molar refractivity (Wildman–Crippen MR) is 27.6 cm³/mol. The molecule has 1 saturated heterocycles. The Bertz CT molecular complexity index is 93.3. The normalized spacial score (nSPS) is 25.6. The van der Waals surface area contributed by atoms with Crippen LogP contribution >= 0.6 is 0 Å². The molecule has 0 N–H and O–H groups in total. The molecule has 45 valence electrons. The van der Waals surface area contributed by atoms with Crippen molar-refractivity contribution in [2.45, 2.75) is 13.0 Å². The Hall–Kier alpha value is 0.153. The molecule has 3 radical (unpaired) electrons. The first-order chi connectivity index (χ1) is 3.29. The molecule has 1 aliphatic rings. The average molecular weight is 311 g/mol. The Balaban J connectivity index is 0.000000490. The molecule has 1 heterocycles. The molecule has 3 nitrogen and oxygen atoms in total. The van der Waals surface area contributed by atoms with E-state index in [-0.39, 0.29) is 32.3 Å². The Morgan fingerprint density at radius 1 is 1.75 bits per heavy atom. The van der Waals surface area contributed by atoms with Gasteiger partial charge in [0.05, 0.1) is 0 Å². The largest absolute Gasteiger partial charge is 0.508 e. The molecule has 1 unspecified atom stereocenters. The van der Waals surface area contributed by atoms with E-state index in [9.17, 15) is 4.79 Å². The molecule has 1 fully saturated rings. The third-order valence-corrected chi connectivity index (χ3v) is 0.733. The van der Waals surface area contributed by atoms with Crippen molar-refractivity contribution in [1.82, 2.24) is 0 Å². The van der Waals surface area contributed by atoms with Crippen molar-refractivity contribution in [2.24, 2.45) is 0 Å². The molecule has 1 aliphatic heterocycles. The Kier molecular flexibility index (Phi) is 3.29. The van der Waals surface area contributed by atoms with Crippen LogP contribution in [-0.2, 0) is 9.47 Å². The van der Waals surface area contributed by atoms with Gasteiger partial charge in [-0.05, 0) is 6.92 Å². The van der Waals surface area contributed by atoms with Crippen molar-refractivity contribution >= 4 is 32.4 Å². The maximum atomic E-state index is 10.0. The summed E-state index contributed by atoms with van der Waals surface area (Å²) >= 11 is 0. The van der Waals surface area contributed by atoms with Gasteiger partial charge >= 0.3 is 6.16 Å². The first-order valence-corrected chi connectivity index (χ1v) is 2.12. The van der Waals surface area contributed by atoms with E-state index >= 15 is 0 Å². The van der Waals surface area contributed by atoms with Gasteiger partial charge in [0, 0.05) is 26.2 Å². The van der Waals surface area contributed by atoms with E-state index < -0.39 is 6.16 Å². The van der Waals surface area contributed by atoms with E-state index in [1.54, 1.807) is 6.92 Å². The van der Waals surface area contributed by atoms with Crippen LogP contribution in [0.5, 0.6) is 0 Å². The van der Waals surface area contributed by atoms with Crippen LogP contribution in [0.25, 0.3) is 0 Å². The number of ether oxygens (including phenoxy) is 2. The van der Waals surface area contributed by atoms with E-state index in [0.717, 1.165) is 0 Å². The fourth-order valence-electron chi connectivity index (χ4n) is 0.418. The molecule has 0 amide bonds. The number of carbonyl (C=O) groups is 1. The predicted octanol–water partition coefficient (Wildman–Crippen LogP) is 0.161. The first-order valence-electron chi connectivity index (χ1n) is 2.12. The number of carbonyl (C=O) groups excluding carboxylic acids is 1. The summed E-state index contributed by atoms with van der Waals surface area (Å²) in [5.41, 5.74) is 0. The smallest absolute Gasteiger partial charge is 0.430 e. The van der Waals surface area contributed by atoms with E-state index in [0.29, 0.717) is 6.61 Å². The summed E-state index contributed by atoms with van der Waals surface area (Å²) in [6.45, 7) is 2.18. The third-order valence-electron chi connectivity index (χ3n) is 0.733. The van der Waals surface area contributed by atoms with Crippen LogP contribution in [-0.4, -0.2) is 45.1 Å². The maximum absolute atomic E-state index is 10.0. The first kappa shape index (κ1) is 8.15. The van der Waals surface area contributed by atoms with Crippen molar-refractivity contribution in [1.29, 1.82) is 0 Å². The van der Waals surface area contributed by atoms with E-state index in [2.05, 4.69) is 9.47 Å². The van der Waals surface area contributed by atoms with E-state index in [1.807, 2.05) is 0 Å². The summed E-state index contributed by atoms with van der Waals surface area (Å²) in [4.78, 5) is 10.0. The van der Waals surface area contributed by atoms with E-state index in [1.165, 1.54) is 0 Å². The van der Waals surface area contributed by atoms with Crippen LogP contribution in [0.15, 0.2) is 0 Å². The van der Waals surface area contributed by atoms with Gasteiger partial charge < -0.3 is 9.47 Å². The van der Waals surface area contributed by atoms with Gasteiger partial charge in [-0.3, -0.25) is 0 Å². The van der Waals surface area contributed by atoms with Gasteiger partial charge in [-0.1, -0.05) is 0 Å². The molecule has 4 heteroatoms. The second-order valence-corrected chi connectivity index (χ2v) is 1.49. The fraction of sp³-hybridized carbons (Fsp3) is 0.750. The van der Waals surface area contributed by atoms with Crippen molar-refractivity contribution in [3.8, 4) is 0 Å². The van der Waals surface area contributed by atoms with Crippen molar-refractivity contribution in [3.05, 3.63) is 0 Å². The second kappa shape index (κ2) is 3.23. The zero-order chi connectivity index (χ0) is 5.28. The van der Waals surface area contributed by atoms with Gasteiger partial charge in [0.15, 0.2) is 0 Å². The molecule has 0 bridgehead atoms. The summed E-state index contributed by atoms with van der Waals surface area (Å²) < 4.78 is 8.90. The minimum Gasteiger partial charge on any atom is -0.430 e. The molecular formula is C4H6BiO3. The van der Waals surface area contributed by atoms with Crippen molar-refractivity contribution < 1.29 is 14.3 Å². The van der Waals surface area contributed by atoms with Crippen LogP contribution in [0.1, 0.15) is 6.92 Å². The van der Waals surface area contributed by atoms with Gasteiger partial charge in [-0.2, -0.15) is 0 Å². The summed E-state index contributed by atoms with van der Waals surface area (Å²) in [7, 11) is 0. The molecule has 1 rings (SSSR count). The Morgan fingerprint density at radius 3 is 2.50 bits per heavy atom. The van der Waals surface area contributed by atoms with Gasteiger partial charge in [-0.25, -0.2) is 4.79 Å². The standard InChI is InChI=1S/C4H6O3.Bi/c1-3-2-6-4(5)7-3;/h3H,2H2,1H3;. The van der Waals surface area contributed by atoms with Gasteiger partial charge in [0.25, 0.3) is 0 Å². The fourth-order valence-corrected chi connectivity index (χ4v) is 0.418. The minimum absolute atomic E-state index is 0. The summed E-state index contributed by atoms with van der Waals surface area (Å²) in [6, 6.07) is 0. The van der Waals surface area contributed by atoms with E-state index in [4.69, 9.17) is 0 Å². The van der Waals surface area contributed by atoms with Crippen LogP contribution in [0.4, 0.5) is 4.79 Å². The van der Waals surface area contributed by atoms with Crippen molar-refractivity contribution in [3.63, 3.8) is 0 Å². The number of hydrogen-bond donors (Lipinski definition) is 0. The molecule has 0 aliphatic carbocycles. The molecule has 0 aromatic carbocycles. The molecule has 0 aromatic rings. The summed E-state index contributed by atoms with van der Waals surface area (Å²) in [5.74, 6) is 0. The molecule has 0 spiro atoms. The Labute approximate surface area is 66.5 Å². The van der Waals surface area contributed by atoms with Crippen LogP contribution in [0, 0.1) is 0 Å². The monoisotopic (exact) mass is 311 g/mol. The zero-order valence-corrected chi connectivity index (χ0v) is 7.93. The number of hydrogen-bond acceptors (Lipinski definition) is 3. The van der Waals surface area contributed by atoms with Gasteiger partial charge in [-0.15, -0.1) is 0 Å². The maximum Gasteiger partial charge on any atom is 0.508 e. The molecular weight excluding hydrogens is 305 g/mol. The van der Waals surface area contributed by atoms with Gasteiger partial charge in [0.2, 0.25) is 0 Å². The van der Waals surface area contributed by atoms with Crippen LogP contribution in [0.2, 0.25) is 0 Å². The quantitative estimate of drug-likeness (QED) is 0.472. The second-order valence-electron chi connectivity index (χ2n) is 1.49. The molecule has 8 heavy (non-hydrogen) atoms. The summed E-state index contributed by atoms with van der Waals surface area (Å²) in [6.07, 6.45) is -0.597. The molecule has 0 aromatic heterocycles. The SMILES string of the molecule is CC1COC(=O)O1.[Bi]. The van der Waals surface area contributed by atoms with Gasteiger partial charge in [0.1, 0.15) is 12.7 Å². The average Bonchev–Trinajstić information content (AvgIpc) is 1.87. The number of cyclic esters (lactones) is 2. The molecule has 1 atom stereocenters. The summed E-state index contributed by atoms with van der Waals surface area (Å²) in [5, 5.41) is 0. The van der Waals surface area contributed by atoms with Crippen LogP contribution < -0.4 is 0 Å². The molecule has 0 saturated carbocycles. The topological polar surface area (TPSA) is 35.5 Å². The third kappa shape index (κ3) is 1.95. The van der Waals surface area contributed by atoms with Crippen molar-refractivity contribution in [2.75, 3.05) is 6.61 Å².